The van der Waals surface area contributed by atoms with E-state index in [1.165, 1.54) is 0 Å². The van der Waals surface area contributed by atoms with Crippen LogP contribution in [0.25, 0.3) is 0 Å². The van der Waals surface area contributed by atoms with E-state index in [-0.39, 0.29) is 0 Å². The summed E-state index contributed by atoms with van der Waals surface area (Å²) in [6, 6.07) is 0. The highest BCUT2D eigenvalue weighted by atomic mass is 35.5. The van der Waals surface area contributed by atoms with Crippen LogP contribution in [0, 0.1) is 5.92 Å². The average molecular weight is 151 g/mol. The number of halogens is 1. The lowest BCUT2D eigenvalue weighted by Gasteiger charge is -2.05. The third-order valence-corrected chi connectivity index (χ3v) is 1.31. The fraction of sp³-hybridized carbons (Fsp3) is 0.833. The van der Waals surface area contributed by atoms with Gasteiger partial charge in [0.25, 0.3) is 0 Å². The summed E-state index contributed by atoms with van der Waals surface area (Å²) in [6.07, 6.45) is 0.539. The van der Waals surface area contributed by atoms with Gasteiger partial charge in [0.05, 0.1) is 0 Å². The predicted molar refractivity (Wildman–Crippen MR) is 36.7 cm³/mol. The molecule has 0 aliphatic rings. The first kappa shape index (κ1) is 8.76. The van der Waals surface area contributed by atoms with E-state index < -0.39 is 11.3 Å². The van der Waals surface area contributed by atoms with Crippen molar-refractivity contribution in [3.8, 4) is 0 Å². The molecular formula is C6H11ClO2. The molecule has 0 fully saturated rings. The van der Waals surface area contributed by atoms with Crippen LogP contribution < -0.4 is 0 Å². The average Bonchev–Trinajstić information content (AvgIpc) is 1.63. The number of carbonyl (C=O) groups is 1. The van der Waals surface area contributed by atoms with Crippen LogP contribution in [-0.2, 0) is 4.79 Å². The van der Waals surface area contributed by atoms with Crippen molar-refractivity contribution in [3.05, 3.63) is 0 Å². The topological polar surface area (TPSA) is 37.3 Å². The van der Waals surface area contributed by atoms with Crippen molar-refractivity contribution in [1.29, 1.82) is 0 Å². The molecule has 54 valence electrons. The van der Waals surface area contributed by atoms with E-state index in [2.05, 4.69) is 0 Å². The van der Waals surface area contributed by atoms with E-state index in [4.69, 9.17) is 16.7 Å². The fourth-order valence-corrected chi connectivity index (χ4v) is 0.871. The molecule has 2 nitrogen and oxygen atoms in total. The van der Waals surface area contributed by atoms with Crippen molar-refractivity contribution in [2.75, 3.05) is 0 Å². The van der Waals surface area contributed by atoms with Gasteiger partial charge in [-0.1, -0.05) is 13.8 Å². The lowest BCUT2D eigenvalue weighted by Crippen LogP contribution is -2.15. The Morgan fingerprint density at radius 1 is 1.67 bits per heavy atom. The fourth-order valence-electron chi connectivity index (χ4n) is 0.515. The summed E-state index contributed by atoms with van der Waals surface area (Å²) in [6.45, 7) is 3.89. The highest BCUT2D eigenvalue weighted by Crippen LogP contribution is 2.09. The van der Waals surface area contributed by atoms with Gasteiger partial charge in [-0.05, 0) is 12.3 Å². The molecule has 0 aromatic heterocycles. The number of hydrogen-bond donors (Lipinski definition) is 1. The van der Waals surface area contributed by atoms with E-state index in [1.54, 1.807) is 0 Å². The first-order chi connectivity index (χ1) is 4.04. The van der Waals surface area contributed by atoms with Gasteiger partial charge in [-0.2, -0.15) is 0 Å². The Bertz CT molecular complexity index is 101. The van der Waals surface area contributed by atoms with Crippen LogP contribution >= 0.6 is 11.6 Å². The van der Waals surface area contributed by atoms with E-state index in [9.17, 15) is 4.79 Å². The minimum absolute atomic E-state index is 0.351. The minimum atomic E-state index is -0.926. The summed E-state index contributed by atoms with van der Waals surface area (Å²) in [5.41, 5.74) is 0. The van der Waals surface area contributed by atoms with Crippen LogP contribution in [0.3, 0.4) is 0 Å². The summed E-state index contributed by atoms with van der Waals surface area (Å²) in [5, 5.41) is 7.58. The van der Waals surface area contributed by atoms with Gasteiger partial charge in [-0.15, -0.1) is 11.6 Å². The van der Waals surface area contributed by atoms with Crippen molar-refractivity contribution in [3.63, 3.8) is 0 Å². The van der Waals surface area contributed by atoms with Crippen LogP contribution in [0.15, 0.2) is 0 Å². The van der Waals surface area contributed by atoms with Gasteiger partial charge in [0.15, 0.2) is 0 Å². The summed E-state index contributed by atoms with van der Waals surface area (Å²) >= 11 is 5.41. The molecule has 3 heteroatoms. The molecule has 0 aromatic rings. The smallest absolute Gasteiger partial charge is 0.321 e. The monoisotopic (exact) mass is 150 g/mol. The lowest BCUT2D eigenvalue weighted by atomic mass is 10.1. The second-order valence-corrected chi connectivity index (χ2v) is 2.96. The second-order valence-electron chi connectivity index (χ2n) is 2.44. The van der Waals surface area contributed by atoms with Crippen LogP contribution in [-0.4, -0.2) is 16.5 Å². The quantitative estimate of drug-likeness (QED) is 0.623. The normalized spacial score (nSPS) is 13.8. The maximum Gasteiger partial charge on any atom is 0.321 e. The number of carboxylic acid groups (broad SMARTS) is 1. The highest BCUT2D eigenvalue weighted by molar-refractivity contribution is 6.29. The molecule has 0 rings (SSSR count). The molecular weight excluding hydrogens is 140 g/mol. The summed E-state index contributed by atoms with van der Waals surface area (Å²) in [4.78, 5) is 10.1. The van der Waals surface area contributed by atoms with Gasteiger partial charge < -0.3 is 5.11 Å². The Morgan fingerprint density at radius 3 is 2.22 bits per heavy atom. The van der Waals surface area contributed by atoms with E-state index in [0.29, 0.717) is 12.3 Å². The SMILES string of the molecule is CC(C)C[C@H](Cl)C(=O)O. The van der Waals surface area contributed by atoms with Crippen molar-refractivity contribution in [1.82, 2.24) is 0 Å². The molecule has 1 N–H and O–H groups in total. The molecule has 0 aliphatic carbocycles. The molecule has 0 saturated heterocycles. The molecule has 9 heavy (non-hydrogen) atoms. The zero-order valence-corrected chi connectivity index (χ0v) is 6.35. The summed E-state index contributed by atoms with van der Waals surface area (Å²) in [5.74, 6) is -0.575. The van der Waals surface area contributed by atoms with Crippen molar-refractivity contribution >= 4 is 17.6 Å². The third-order valence-electron chi connectivity index (χ3n) is 0.946. The van der Waals surface area contributed by atoms with Crippen molar-refractivity contribution < 1.29 is 9.90 Å². The molecule has 0 heterocycles. The predicted octanol–water partition coefficient (Wildman–Crippen LogP) is 1.72. The Kier molecular flexibility index (Phi) is 3.62. The van der Waals surface area contributed by atoms with Crippen LogP contribution in [0.1, 0.15) is 20.3 Å². The lowest BCUT2D eigenvalue weighted by molar-refractivity contribution is -0.136. The van der Waals surface area contributed by atoms with Gasteiger partial charge in [-0.3, -0.25) is 4.79 Å². The molecule has 0 spiro atoms. The Labute approximate surface area is 59.8 Å². The van der Waals surface area contributed by atoms with Crippen LogP contribution in [0.4, 0.5) is 0 Å². The standard InChI is InChI=1S/C6H11ClO2/c1-4(2)3-5(7)6(8)9/h4-5H,3H2,1-2H3,(H,8,9)/t5-/m0/s1. The number of aliphatic carboxylic acids is 1. The molecule has 0 aromatic carbocycles. The van der Waals surface area contributed by atoms with E-state index in [1.807, 2.05) is 13.8 Å². The highest BCUT2D eigenvalue weighted by Gasteiger charge is 2.14. The van der Waals surface area contributed by atoms with Crippen molar-refractivity contribution in [2.45, 2.75) is 25.6 Å². The Hall–Kier alpha value is -0.240. The Morgan fingerprint density at radius 2 is 2.11 bits per heavy atom. The maximum absolute atomic E-state index is 10.1. The van der Waals surface area contributed by atoms with Gasteiger partial charge >= 0.3 is 5.97 Å². The van der Waals surface area contributed by atoms with Gasteiger partial charge in [-0.25, -0.2) is 0 Å². The summed E-state index contributed by atoms with van der Waals surface area (Å²) < 4.78 is 0. The zero-order valence-electron chi connectivity index (χ0n) is 5.60. The van der Waals surface area contributed by atoms with E-state index in [0.717, 1.165) is 0 Å². The molecule has 0 bridgehead atoms. The first-order valence-electron chi connectivity index (χ1n) is 2.91. The van der Waals surface area contributed by atoms with Gasteiger partial charge in [0, 0.05) is 0 Å². The number of rotatable bonds is 3. The number of hydrogen-bond acceptors (Lipinski definition) is 1. The maximum atomic E-state index is 10.1. The minimum Gasteiger partial charge on any atom is -0.480 e. The largest absolute Gasteiger partial charge is 0.480 e. The van der Waals surface area contributed by atoms with Gasteiger partial charge in [0.2, 0.25) is 0 Å². The molecule has 0 amide bonds. The van der Waals surface area contributed by atoms with Crippen molar-refractivity contribution in [2.24, 2.45) is 5.92 Å². The van der Waals surface area contributed by atoms with E-state index >= 15 is 0 Å². The number of alkyl halides is 1. The first-order valence-corrected chi connectivity index (χ1v) is 3.34. The molecule has 0 radical (unpaired) electrons. The molecule has 1 atom stereocenters. The Balaban J connectivity index is 3.50. The summed E-state index contributed by atoms with van der Waals surface area (Å²) in [7, 11) is 0. The zero-order chi connectivity index (χ0) is 7.44. The molecule has 0 aliphatic heterocycles. The number of carboxylic acids is 1. The molecule has 0 saturated carbocycles. The van der Waals surface area contributed by atoms with Crippen LogP contribution in [0.5, 0.6) is 0 Å². The third kappa shape index (κ3) is 4.28. The second kappa shape index (κ2) is 3.72. The van der Waals surface area contributed by atoms with Gasteiger partial charge in [0.1, 0.15) is 5.38 Å². The van der Waals surface area contributed by atoms with Crippen LogP contribution in [0.2, 0.25) is 0 Å². The molecule has 0 unspecified atom stereocenters.